The lowest BCUT2D eigenvalue weighted by Gasteiger charge is -2.32. The monoisotopic (exact) mass is 254 g/mol. The highest BCUT2D eigenvalue weighted by Crippen LogP contribution is 2.49. The molecule has 92 valence electrons. The van der Waals surface area contributed by atoms with E-state index in [2.05, 4.69) is 0 Å². The first-order valence-electron chi connectivity index (χ1n) is 4.22. The van der Waals surface area contributed by atoms with E-state index in [-0.39, 0.29) is 5.46 Å². The molecule has 0 aliphatic heterocycles. The molecular weight excluding hydrogens is 249 g/mol. The summed E-state index contributed by atoms with van der Waals surface area (Å²) < 4.78 is 74.3. The van der Waals surface area contributed by atoms with Crippen LogP contribution in [-0.2, 0) is 5.60 Å². The summed E-state index contributed by atoms with van der Waals surface area (Å²) in [5.41, 5.74) is -6.24. The number of benzene rings is 1. The molecule has 0 bridgehead atoms. The zero-order valence-electron chi connectivity index (χ0n) is 8.10. The molecule has 1 rings (SSSR count). The average Bonchev–Trinajstić information content (AvgIpc) is 2.14. The van der Waals surface area contributed by atoms with E-state index in [1.165, 1.54) is 0 Å². The van der Waals surface area contributed by atoms with E-state index in [1.807, 2.05) is 0 Å². The van der Waals surface area contributed by atoms with Gasteiger partial charge in [0.15, 0.2) is 0 Å². The van der Waals surface area contributed by atoms with Gasteiger partial charge in [-0.1, -0.05) is 29.7 Å². The largest absolute Gasteiger partial charge is 0.430 e. The van der Waals surface area contributed by atoms with Crippen molar-refractivity contribution in [2.75, 3.05) is 0 Å². The molecule has 1 aromatic carbocycles. The van der Waals surface area contributed by atoms with Crippen molar-refractivity contribution in [3.05, 3.63) is 29.8 Å². The van der Waals surface area contributed by atoms with Crippen LogP contribution in [0.2, 0.25) is 0 Å². The fraction of sp³-hybridized carbons (Fsp3) is 0.333. The van der Waals surface area contributed by atoms with Gasteiger partial charge in [-0.2, -0.15) is 26.3 Å². The summed E-state index contributed by atoms with van der Waals surface area (Å²) in [5, 5.41) is 8.96. The zero-order chi connectivity index (χ0) is 13.5. The quantitative estimate of drug-likeness (QED) is 0.598. The first-order chi connectivity index (χ1) is 7.50. The van der Waals surface area contributed by atoms with Crippen LogP contribution in [0.3, 0.4) is 0 Å². The molecular formula is C9H5BF6O. The highest BCUT2D eigenvalue weighted by Gasteiger charge is 2.71. The van der Waals surface area contributed by atoms with Crippen molar-refractivity contribution < 1.29 is 31.4 Å². The second-order valence-corrected chi connectivity index (χ2v) is 3.33. The Labute approximate surface area is 93.5 Å². The fourth-order valence-corrected chi connectivity index (χ4v) is 1.21. The first kappa shape index (κ1) is 13.9. The lowest BCUT2D eigenvalue weighted by molar-refractivity contribution is -0.376. The Morgan fingerprint density at radius 2 is 1.18 bits per heavy atom. The lowest BCUT2D eigenvalue weighted by atomic mass is 9.88. The maximum Gasteiger partial charge on any atom is 0.430 e. The molecule has 0 amide bonds. The van der Waals surface area contributed by atoms with Gasteiger partial charge < -0.3 is 5.11 Å². The van der Waals surface area contributed by atoms with Gasteiger partial charge in [0.05, 0.1) is 0 Å². The van der Waals surface area contributed by atoms with E-state index in [1.54, 1.807) is 0 Å². The maximum absolute atomic E-state index is 12.4. The standard InChI is InChI=1S/C9H5BF6O/c10-6-3-1-5(2-4-6)7(17,8(11,12)13)9(14,15)16/h1-4,17H. The van der Waals surface area contributed by atoms with Crippen LogP contribution < -0.4 is 5.46 Å². The van der Waals surface area contributed by atoms with Gasteiger partial charge in [-0.3, -0.25) is 0 Å². The highest BCUT2D eigenvalue weighted by molar-refractivity contribution is 6.32. The molecule has 0 aliphatic rings. The zero-order valence-corrected chi connectivity index (χ0v) is 8.10. The molecule has 1 nitrogen and oxygen atoms in total. The third kappa shape index (κ3) is 2.26. The SMILES string of the molecule is [B]c1ccc(C(O)(C(F)(F)F)C(F)(F)F)cc1. The topological polar surface area (TPSA) is 20.2 Å². The molecule has 0 saturated carbocycles. The van der Waals surface area contributed by atoms with Crippen molar-refractivity contribution in [1.82, 2.24) is 0 Å². The number of hydrogen-bond donors (Lipinski definition) is 1. The van der Waals surface area contributed by atoms with Crippen molar-refractivity contribution in [2.45, 2.75) is 18.0 Å². The third-order valence-corrected chi connectivity index (χ3v) is 2.15. The molecule has 8 heteroatoms. The molecule has 0 aliphatic carbocycles. The van der Waals surface area contributed by atoms with Crippen molar-refractivity contribution in [3.8, 4) is 0 Å². The van der Waals surface area contributed by atoms with Crippen molar-refractivity contribution in [3.63, 3.8) is 0 Å². The van der Waals surface area contributed by atoms with Crippen LogP contribution in [-0.4, -0.2) is 25.3 Å². The number of aliphatic hydroxyl groups is 1. The molecule has 0 fully saturated rings. The Hall–Kier alpha value is -1.18. The van der Waals surface area contributed by atoms with Gasteiger partial charge in [-0.15, -0.1) is 0 Å². The molecule has 0 spiro atoms. The van der Waals surface area contributed by atoms with Crippen LogP contribution in [0.5, 0.6) is 0 Å². The second kappa shape index (κ2) is 3.94. The van der Waals surface area contributed by atoms with Gasteiger partial charge >= 0.3 is 12.4 Å². The van der Waals surface area contributed by atoms with Crippen LogP contribution in [0.4, 0.5) is 26.3 Å². The van der Waals surface area contributed by atoms with Crippen molar-refractivity contribution in [1.29, 1.82) is 0 Å². The maximum atomic E-state index is 12.4. The highest BCUT2D eigenvalue weighted by atomic mass is 19.4. The summed E-state index contributed by atoms with van der Waals surface area (Å²) >= 11 is 0. The van der Waals surface area contributed by atoms with Crippen molar-refractivity contribution in [2.24, 2.45) is 0 Å². The average molecular weight is 254 g/mol. The minimum atomic E-state index is -5.87. The van der Waals surface area contributed by atoms with Crippen molar-refractivity contribution >= 4 is 13.3 Å². The fourth-order valence-electron chi connectivity index (χ4n) is 1.21. The van der Waals surface area contributed by atoms with E-state index < -0.39 is 23.5 Å². The molecule has 0 atom stereocenters. The van der Waals surface area contributed by atoms with E-state index >= 15 is 0 Å². The van der Waals surface area contributed by atoms with E-state index in [0.717, 1.165) is 12.1 Å². The molecule has 17 heavy (non-hydrogen) atoms. The van der Waals surface area contributed by atoms with Crippen LogP contribution in [0.1, 0.15) is 5.56 Å². The van der Waals surface area contributed by atoms with Gasteiger partial charge in [0.25, 0.3) is 5.60 Å². The molecule has 1 aromatic rings. The minimum absolute atomic E-state index is 0.0135. The Morgan fingerprint density at radius 1 is 0.824 bits per heavy atom. The molecule has 1 N–H and O–H groups in total. The number of rotatable bonds is 1. The van der Waals surface area contributed by atoms with Gasteiger partial charge in [-0.05, 0) is 0 Å². The van der Waals surface area contributed by atoms with Crippen LogP contribution in [0.15, 0.2) is 24.3 Å². The van der Waals surface area contributed by atoms with Gasteiger partial charge in [0.2, 0.25) is 0 Å². The summed E-state index contributed by atoms with van der Waals surface area (Å²) in [4.78, 5) is 0. The smallest absolute Gasteiger partial charge is 0.369 e. The third-order valence-electron chi connectivity index (χ3n) is 2.15. The Kier molecular flexibility index (Phi) is 3.22. The Morgan fingerprint density at radius 3 is 1.47 bits per heavy atom. The lowest BCUT2D eigenvalue weighted by Crippen LogP contribution is -2.54. The van der Waals surface area contributed by atoms with Crippen LogP contribution >= 0.6 is 0 Å². The molecule has 2 radical (unpaired) electrons. The van der Waals surface area contributed by atoms with Gasteiger partial charge in [-0.25, -0.2) is 0 Å². The molecule has 0 heterocycles. The number of hydrogen-bond acceptors (Lipinski definition) is 1. The number of alkyl halides is 6. The summed E-state index contributed by atoms with van der Waals surface area (Å²) in [6.45, 7) is 0. The summed E-state index contributed by atoms with van der Waals surface area (Å²) in [6.07, 6.45) is -11.7. The predicted octanol–water partition coefficient (Wildman–Crippen LogP) is 1.79. The predicted molar refractivity (Wildman–Crippen MR) is 47.8 cm³/mol. The normalized spacial score (nSPS) is 13.8. The molecule has 0 saturated heterocycles. The Bertz CT molecular complexity index is 379. The van der Waals surface area contributed by atoms with Gasteiger partial charge in [0, 0.05) is 5.56 Å². The number of halogens is 6. The first-order valence-corrected chi connectivity index (χ1v) is 4.22. The summed E-state index contributed by atoms with van der Waals surface area (Å²) in [7, 11) is 5.14. The second-order valence-electron chi connectivity index (χ2n) is 3.33. The summed E-state index contributed by atoms with van der Waals surface area (Å²) in [5.74, 6) is 0. The minimum Gasteiger partial charge on any atom is -0.369 e. The summed E-state index contributed by atoms with van der Waals surface area (Å²) in [6, 6.07) is 2.65. The van der Waals surface area contributed by atoms with Gasteiger partial charge in [0.1, 0.15) is 7.85 Å². The van der Waals surface area contributed by atoms with E-state index in [9.17, 15) is 26.3 Å². The molecule has 0 aromatic heterocycles. The van der Waals surface area contributed by atoms with E-state index in [4.69, 9.17) is 13.0 Å². The molecule has 0 unspecified atom stereocenters. The Balaban J connectivity index is 3.41. The van der Waals surface area contributed by atoms with E-state index in [0.29, 0.717) is 12.1 Å². The van der Waals surface area contributed by atoms with Crippen LogP contribution in [0, 0.1) is 0 Å². The van der Waals surface area contributed by atoms with Crippen LogP contribution in [0.25, 0.3) is 0 Å².